The Balaban J connectivity index is 1.94. The van der Waals surface area contributed by atoms with Gasteiger partial charge in [-0.2, -0.15) is 11.8 Å². The Morgan fingerprint density at radius 1 is 1.19 bits per heavy atom. The molecule has 1 aliphatic carbocycles. The second-order valence-corrected chi connectivity index (χ2v) is 9.43. The molecule has 2 heterocycles. The summed E-state index contributed by atoms with van der Waals surface area (Å²) in [5, 5.41) is 1.04. The first-order valence-corrected chi connectivity index (χ1v) is 10.9. The zero-order valence-corrected chi connectivity index (χ0v) is 16.1. The van der Waals surface area contributed by atoms with E-state index < -0.39 is 0 Å². The summed E-state index contributed by atoms with van der Waals surface area (Å²) < 4.78 is 1.09. The topological polar surface area (TPSA) is 51.8 Å². The fraction of sp³-hybridized carbons (Fsp3) is 0.733. The van der Waals surface area contributed by atoms with E-state index in [-0.39, 0.29) is 0 Å². The first-order chi connectivity index (χ1) is 10.2. The van der Waals surface area contributed by atoms with E-state index in [1.807, 2.05) is 11.8 Å². The number of nitrogens with zero attached hydrogens (tertiary/aromatic N) is 2. The van der Waals surface area contributed by atoms with E-state index >= 15 is 0 Å². The lowest BCUT2D eigenvalue weighted by Crippen LogP contribution is -2.22. The van der Waals surface area contributed by atoms with Gasteiger partial charge in [-0.15, -0.1) is 11.8 Å². The quantitative estimate of drug-likeness (QED) is 0.703. The molecule has 3 nitrogen and oxygen atoms in total. The highest BCUT2D eigenvalue weighted by molar-refractivity contribution is 14.1. The van der Waals surface area contributed by atoms with Crippen molar-refractivity contribution in [2.45, 2.75) is 55.4 Å². The van der Waals surface area contributed by atoms with Crippen LogP contribution in [0.1, 0.15) is 61.7 Å². The van der Waals surface area contributed by atoms with Crippen LogP contribution in [0.5, 0.6) is 0 Å². The molecular formula is C15H22IN3S2. The molecule has 1 saturated heterocycles. The number of rotatable bonds is 3. The number of anilines is 1. The SMILES string of the molecule is CCC1SCCSC1c1nc(N)c(I)c(C2CCCC2)n1. The zero-order valence-electron chi connectivity index (χ0n) is 12.3. The Hall–Kier alpha value is 0.310. The van der Waals surface area contributed by atoms with Gasteiger partial charge >= 0.3 is 0 Å². The summed E-state index contributed by atoms with van der Waals surface area (Å²) >= 11 is 6.42. The average Bonchev–Trinajstić information content (AvgIpc) is 3.04. The lowest BCUT2D eigenvalue weighted by atomic mass is 10.0. The van der Waals surface area contributed by atoms with Crippen molar-refractivity contribution >= 4 is 51.9 Å². The summed E-state index contributed by atoms with van der Waals surface area (Å²) in [7, 11) is 0. The van der Waals surface area contributed by atoms with E-state index in [2.05, 4.69) is 46.3 Å². The van der Waals surface area contributed by atoms with Gasteiger partial charge in [-0.1, -0.05) is 19.8 Å². The van der Waals surface area contributed by atoms with Gasteiger partial charge in [0.1, 0.15) is 11.6 Å². The molecule has 2 atom stereocenters. The van der Waals surface area contributed by atoms with Crippen molar-refractivity contribution in [3.05, 3.63) is 15.1 Å². The molecule has 3 rings (SSSR count). The van der Waals surface area contributed by atoms with Gasteiger partial charge in [0.05, 0.1) is 14.5 Å². The smallest absolute Gasteiger partial charge is 0.145 e. The highest BCUT2D eigenvalue weighted by Gasteiger charge is 2.31. The Morgan fingerprint density at radius 3 is 2.62 bits per heavy atom. The van der Waals surface area contributed by atoms with Crippen LogP contribution in [0, 0.1) is 3.57 Å². The van der Waals surface area contributed by atoms with Gasteiger partial charge < -0.3 is 5.73 Å². The summed E-state index contributed by atoms with van der Waals surface area (Å²) in [6, 6.07) is 0. The lowest BCUT2D eigenvalue weighted by molar-refractivity contribution is 0.668. The van der Waals surface area contributed by atoms with Crippen LogP contribution in [-0.4, -0.2) is 26.7 Å². The van der Waals surface area contributed by atoms with Crippen molar-refractivity contribution in [3.8, 4) is 0 Å². The van der Waals surface area contributed by atoms with Gasteiger partial charge in [-0.3, -0.25) is 0 Å². The Bertz CT molecular complexity index is 506. The Kier molecular flexibility index (Phi) is 5.59. The minimum atomic E-state index is 0.410. The number of thioether (sulfide) groups is 2. The maximum Gasteiger partial charge on any atom is 0.145 e. The zero-order chi connectivity index (χ0) is 14.8. The van der Waals surface area contributed by atoms with E-state index in [1.54, 1.807) is 0 Å². The van der Waals surface area contributed by atoms with Crippen LogP contribution in [0.25, 0.3) is 0 Å². The third-order valence-corrected chi connectivity index (χ3v) is 8.72. The van der Waals surface area contributed by atoms with E-state index in [1.165, 1.54) is 49.3 Å². The van der Waals surface area contributed by atoms with Gasteiger partial charge in [0.25, 0.3) is 0 Å². The molecule has 1 saturated carbocycles. The molecule has 0 amide bonds. The van der Waals surface area contributed by atoms with Crippen molar-refractivity contribution in [1.29, 1.82) is 0 Å². The summed E-state index contributed by atoms with van der Waals surface area (Å²) in [5.41, 5.74) is 7.43. The predicted molar refractivity (Wildman–Crippen MR) is 102 cm³/mol. The molecule has 1 aromatic rings. The molecule has 2 aliphatic rings. The van der Waals surface area contributed by atoms with Gasteiger partial charge in [0.2, 0.25) is 0 Å². The van der Waals surface area contributed by atoms with Gasteiger partial charge in [0.15, 0.2) is 0 Å². The van der Waals surface area contributed by atoms with Crippen molar-refractivity contribution < 1.29 is 0 Å². The number of hydrogen-bond acceptors (Lipinski definition) is 5. The van der Waals surface area contributed by atoms with E-state index in [9.17, 15) is 0 Å². The first kappa shape index (κ1) is 16.2. The molecule has 2 N–H and O–H groups in total. The molecule has 0 spiro atoms. The third kappa shape index (κ3) is 3.47. The minimum Gasteiger partial charge on any atom is -0.383 e. The molecule has 0 aromatic carbocycles. The van der Waals surface area contributed by atoms with Crippen LogP contribution in [-0.2, 0) is 0 Å². The molecule has 6 heteroatoms. The summed E-state index contributed by atoms with van der Waals surface area (Å²) in [4.78, 5) is 9.66. The normalized spacial score (nSPS) is 27.1. The lowest BCUT2D eigenvalue weighted by Gasteiger charge is -2.29. The fourth-order valence-corrected chi connectivity index (χ4v) is 6.91. The molecular weight excluding hydrogens is 413 g/mol. The second-order valence-electron chi connectivity index (χ2n) is 5.76. The van der Waals surface area contributed by atoms with Crippen LogP contribution in [0.2, 0.25) is 0 Å². The Labute approximate surface area is 149 Å². The van der Waals surface area contributed by atoms with Gasteiger partial charge in [-0.05, 0) is 41.9 Å². The molecule has 2 fully saturated rings. The third-order valence-electron chi connectivity index (χ3n) is 4.37. The summed E-state index contributed by atoms with van der Waals surface area (Å²) in [6.07, 6.45) is 6.35. The van der Waals surface area contributed by atoms with E-state index in [0.29, 0.717) is 22.2 Å². The highest BCUT2D eigenvalue weighted by atomic mass is 127. The maximum atomic E-state index is 6.21. The van der Waals surface area contributed by atoms with E-state index in [4.69, 9.17) is 10.7 Å². The second kappa shape index (κ2) is 7.25. The maximum absolute atomic E-state index is 6.21. The monoisotopic (exact) mass is 435 g/mol. The van der Waals surface area contributed by atoms with Crippen LogP contribution >= 0.6 is 46.1 Å². The van der Waals surface area contributed by atoms with Crippen molar-refractivity contribution in [2.24, 2.45) is 0 Å². The molecule has 116 valence electrons. The molecule has 2 unspecified atom stereocenters. The van der Waals surface area contributed by atoms with Crippen LogP contribution in [0.3, 0.4) is 0 Å². The predicted octanol–water partition coefficient (Wildman–Crippen LogP) is 4.62. The summed E-state index contributed by atoms with van der Waals surface area (Å²) in [5.74, 6) is 4.71. The average molecular weight is 435 g/mol. The summed E-state index contributed by atoms with van der Waals surface area (Å²) in [6.45, 7) is 2.27. The fourth-order valence-electron chi connectivity index (χ4n) is 3.24. The van der Waals surface area contributed by atoms with Crippen molar-refractivity contribution in [2.75, 3.05) is 17.2 Å². The molecule has 1 aliphatic heterocycles. The van der Waals surface area contributed by atoms with Crippen LogP contribution in [0.4, 0.5) is 5.82 Å². The molecule has 21 heavy (non-hydrogen) atoms. The number of nitrogen functional groups attached to an aromatic ring is 1. The number of hydrogen-bond donors (Lipinski definition) is 1. The largest absolute Gasteiger partial charge is 0.383 e. The Morgan fingerprint density at radius 2 is 1.90 bits per heavy atom. The highest BCUT2D eigenvalue weighted by Crippen LogP contribution is 2.44. The molecule has 0 bridgehead atoms. The number of nitrogens with two attached hydrogens (primary N) is 1. The standard InChI is InChI=1S/C15H22IN3S2/c1-2-10-13(21-8-7-20-10)15-18-12(9-5-3-4-6-9)11(16)14(17)19-15/h9-10,13H,2-8H2,1H3,(H2,17,18,19). The van der Waals surface area contributed by atoms with Crippen molar-refractivity contribution in [1.82, 2.24) is 9.97 Å². The minimum absolute atomic E-state index is 0.410. The van der Waals surface area contributed by atoms with Crippen LogP contribution in [0.15, 0.2) is 0 Å². The number of halogens is 1. The number of aromatic nitrogens is 2. The van der Waals surface area contributed by atoms with Gasteiger partial charge in [-0.25, -0.2) is 9.97 Å². The van der Waals surface area contributed by atoms with Crippen LogP contribution < -0.4 is 5.73 Å². The van der Waals surface area contributed by atoms with E-state index in [0.717, 1.165) is 9.39 Å². The molecule has 0 radical (unpaired) electrons. The first-order valence-electron chi connectivity index (χ1n) is 7.76. The van der Waals surface area contributed by atoms with Gasteiger partial charge in [0, 0.05) is 22.7 Å². The van der Waals surface area contributed by atoms with Crippen molar-refractivity contribution in [3.63, 3.8) is 0 Å². The molecule has 1 aromatic heterocycles.